The van der Waals surface area contributed by atoms with Gasteiger partial charge in [0.15, 0.2) is 0 Å². The highest BCUT2D eigenvalue weighted by Gasteiger charge is 2.23. The summed E-state index contributed by atoms with van der Waals surface area (Å²) in [7, 11) is 3.65. The Morgan fingerprint density at radius 2 is 2.35 bits per heavy atom. The lowest BCUT2D eigenvalue weighted by molar-refractivity contribution is 0.121. The van der Waals surface area contributed by atoms with Crippen LogP contribution in [0, 0.1) is 0 Å². The maximum atomic E-state index is 5.38. The first-order valence-corrected chi connectivity index (χ1v) is 6.10. The first-order chi connectivity index (χ1) is 8.26. The molecule has 2 heterocycles. The average Bonchev–Trinajstić information content (AvgIpc) is 2.86. The molecule has 2 rings (SSSR count). The zero-order valence-corrected chi connectivity index (χ0v) is 10.7. The van der Waals surface area contributed by atoms with Crippen molar-refractivity contribution in [3.8, 4) is 0 Å². The number of methoxy groups -OCH3 is 1. The van der Waals surface area contributed by atoms with Gasteiger partial charge in [-0.15, -0.1) is 0 Å². The molecule has 0 aliphatic carbocycles. The lowest BCUT2D eigenvalue weighted by Crippen LogP contribution is -2.23. The fourth-order valence-corrected chi connectivity index (χ4v) is 2.06. The molecule has 0 aromatic carbocycles. The molecule has 1 saturated heterocycles. The zero-order valence-electron chi connectivity index (χ0n) is 10.7. The normalized spacial score (nSPS) is 19.7. The van der Waals surface area contributed by atoms with Crippen LogP contribution in [0.2, 0.25) is 0 Å². The summed E-state index contributed by atoms with van der Waals surface area (Å²) >= 11 is 0. The Hall–Kier alpha value is -1.36. The number of aromatic nitrogens is 2. The second-order valence-corrected chi connectivity index (χ2v) is 4.22. The maximum absolute atomic E-state index is 5.38. The molecule has 1 aromatic rings. The van der Waals surface area contributed by atoms with Gasteiger partial charge in [-0.05, 0) is 6.42 Å². The van der Waals surface area contributed by atoms with E-state index in [1.54, 1.807) is 7.11 Å². The van der Waals surface area contributed by atoms with Crippen molar-refractivity contribution in [3.63, 3.8) is 0 Å². The molecular formula is C12H20N4O. The van der Waals surface area contributed by atoms with E-state index in [0.717, 1.165) is 43.4 Å². The van der Waals surface area contributed by atoms with Crippen LogP contribution in [0.25, 0.3) is 0 Å². The summed E-state index contributed by atoms with van der Waals surface area (Å²) < 4.78 is 5.38. The Labute approximate surface area is 102 Å². The number of ether oxygens (including phenoxy) is 1. The molecule has 0 spiro atoms. The molecule has 5 nitrogen and oxygen atoms in total. The summed E-state index contributed by atoms with van der Waals surface area (Å²) in [4.78, 5) is 11.2. The van der Waals surface area contributed by atoms with Crippen molar-refractivity contribution in [2.75, 3.05) is 37.5 Å². The standard InChI is InChI=1S/C12H20N4O/c1-4-10-14-11(13-2)7-12(15-10)16-6-5-9(8-16)17-3/h7,9H,4-6,8H2,1-3H3,(H,13,14,15). The molecule has 5 heteroatoms. The number of nitrogens with zero attached hydrogens (tertiary/aromatic N) is 3. The van der Waals surface area contributed by atoms with Crippen LogP contribution in [0.3, 0.4) is 0 Å². The third-order valence-corrected chi connectivity index (χ3v) is 3.13. The largest absolute Gasteiger partial charge is 0.380 e. The number of nitrogens with one attached hydrogen (secondary N) is 1. The minimum atomic E-state index is 0.327. The summed E-state index contributed by atoms with van der Waals surface area (Å²) in [6, 6.07) is 2.00. The van der Waals surface area contributed by atoms with Gasteiger partial charge in [-0.1, -0.05) is 6.92 Å². The minimum Gasteiger partial charge on any atom is -0.380 e. The summed E-state index contributed by atoms with van der Waals surface area (Å²) in [5, 5.41) is 3.08. The van der Waals surface area contributed by atoms with Gasteiger partial charge in [0.1, 0.15) is 17.5 Å². The quantitative estimate of drug-likeness (QED) is 0.854. The van der Waals surface area contributed by atoms with Gasteiger partial charge < -0.3 is 15.0 Å². The highest BCUT2D eigenvalue weighted by Crippen LogP contribution is 2.21. The number of rotatable bonds is 4. The lowest BCUT2D eigenvalue weighted by Gasteiger charge is -2.18. The molecule has 94 valence electrons. The molecule has 1 atom stereocenters. The van der Waals surface area contributed by atoms with Crippen LogP contribution in [0.15, 0.2) is 6.07 Å². The maximum Gasteiger partial charge on any atom is 0.134 e. The molecule has 0 radical (unpaired) electrons. The van der Waals surface area contributed by atoms with Crippen LogP contribution >= 0.6 is 0 Å². The molecule has 1 aromatic heterocycles. The Morgan fingerprint density at radius 3 is 2.94 bits per heavy atom. The monoisotopic (exact) mass is 236 g/mol. The van der Waals surface area contributed by atoms with E-state index in [4.69, 9.17) is 4.74 Å². The van der Waals surface area contributed by atoms with Crippen molar-refractivity contribution in [1.82, 2.24) is 9.97 Å². The van der Waals surface area contributed by atoms with Crippen molar-refractivity contribution < 1.29 is 4.74 Å². The molecule has 1 aliphatic rings. The first-order valence-electron chi connectivity index (χ1n) is 6.10. The van der Waals surface area contributed by atoms with Crippen LogP contribution in [-0.2, 0) is 11.2 Å². The molecular weight excluding hydrogens is 216 g/mol. The smallest absolute Gasteiger partial charge is 0.134 e. The number of hydrogen-bond donors (Lipinski definition) is 1. The Morgan fingerprint density at radius 1 is 1.53 bits per heavy atom. The van der Waals surface area contributed by atoms with Crippen LogP contribution in [0.5, 0.6) is 0 Å². The second kappa shape index (κ2) is 5.31. The fourth-order valence-electron chi connectivity index (χ4n) is 2.06. The molecule has 0 amide bonds. The molecule has 1 aliphatic heterocycles. The van der Waals surface area contributed by atoms with E-state index in [-0.39, 0.29) is 0 Å². The molecule has 1 fully saturated rings. The second-order valence-electron chi connectivity index (χ2n) is 4.22. The third-order valence-electron chi connectivity index (χ3n) is 3.13. The Balaban J connectivity index is 2.20. The SMILES string of the molecule is CCc1nc(NC)cc(N2CCC(OC)C2)n1. The van der Waals surface area contributed by atoms with Gasteiger partial charge in [0, 0.05) is 39.7 Å². The van der Waals surface area contributed by atoms with E-state index in [1.165, 1.54) is 0 Å². The highest BCUT2D eigenvalue weighted by atomic mass is 16.5. The molecule has 1 N–H and O–H groups in total. The van der Waals surface area contributed by atoms with E-state index >= 15 is 0 Å². The summed E-state index contributed by atoms with van der Waals surface area (Å²) in [5.74, 6) is 2.76. The van der Waals surface area contributed by atoms with Crippen LogP contribution < -0.4 is 10.2 Å². The van der Waals surface area contributed by atoms with Crippen LogP contribution in [-0.4, -0.2) is 43.3 Å². The van der Waals surface area contributed by atoms with Crippen LogP contribution in [0.1, 0.15) is 19.2 Å². The van der Waals surface area contributed by atoms with E-state index in [9.17, 15) is 0 Å². The fraction of sp³-hybridized carbons (Fsp3) is 0.667. The average molecular weight is 236 g/mol. The Bertz CT molecular complexity index is 361. The molecule has 17 heavy (non-hydrogen) atoms. The van der Waals surface area contributed by atoms with E-state index < -0.39 is 0 Å². The van der Waals surface area contributed by atoms with E-state index in [1.807, 2.05) is 13.1 Å². The van der Waals surface area contributed by atoms with Gasteiger partial charge in [0.05, 0.1) is 6.10 Å². The summed E-state index contributed by atoms with van der Waals surface area (Å²) in [6.45, 7) is 3.99. The van der Waals surface area contributed by atoms with Gasteiger partial charge in [0.2, 0.25) is 0 Å². The number of hydrogen-bond acceptors (Lipinski definition) is 5. The highest BCUT2D eigenvalue weighted by molar-refractivity contribution is 5.50. The van der Waals surface area contributed by atoms with Gasteiger partial charge in [0.25, 0.3) is 0 Å². The molecule has 0 saturated carbocycles. The van der Waals surface area contributed by atoms with Crippen LogP contribution in [0.4, 0.5) is 11.6 Å². The van der Waals surface area contributed by atoms with Gasteiger partial charge in [-0.25, -0.2) is 9.97 Å². The summed E-state index contributed by atoms with van der Waals surface area (Å²) in [5.41, 5.74) is 0. The lowest BCUT2D eigenvalue weighted by atomic mass is 10.3. The van der Waals surface area contributed by atoms with Crippen molar-refractivity contribution in [2.45, 2.75) is 25.9 Å². The van der Waals surface area contributed by atoms with Crippen molar-refractivity contribution in [3.05, 3.63) is 11.9 Å². The predicted octanol–water partition coefficient (Wildman–Crippen LogP) is 1.31. The molecule has 0 bridgehead atoms. The zero-order chi connectivity index (χ0) is 12.3. The number of aryl methyl sites for hydroxylation is 1. The topological polar surface area (TPSA) is 50.3 Å². The number of anilines is 2. The van der Waals surface area contributed by atoms with Crippen molar-refractivity contribution in [2.24, 2.45) is 0 Å². The third kappa shape index (κ3) is 2.66. The first kappa shape index (κ1) is 12.1. The minimum absolute atomic E-state index is 0.327. The van der Waals surface area contributed by atoms with Crippen molar-refractivity contribution in [1.29, 1.82) is 0 Å². The van der Waals surface area contributed by atoms with Crippen molar-refractivity contribution >= 4 is 11.6 Å². The van der Waals surface area contributed by atoms with Gasteiger partial charge in [-0.3, -0.25) is 0 Å². The predicted molar refractivity (Wildman–Crippen MR) is 68.6 cm³/mol. The van der Waals surface area contributed by atoms with Gasteiger partial charge >= 0.3 is 0 Å². The Kier molecular flexibility index (Phi) is 3.78. The molecule has 1 unspecified atom stereocenters. The van der Waals surface area contributed by atoms with E-state index in [2.05, 4.69) is 27.1 Å². The van der Waals surface area contributed by atoms with Gasteiger partial charge in [-0.2, -0.15) is 0 Å². The summed E-state index contributed by atoms with van der Waals surface area (Å²) in [6.07, 6.45) is 2.24. The van der Waals surface area contributed by atoms with E-state index in [0.29, 0.717) is 6.10 Å².